The summed E-state index contributed by atoms with van der Waals surface area (Å²) in [5, 5.41) is 9.77. The predicted octanol–water partition coefficient (Wildman–Crippen LogP) is 0.900. The van der Waals surface area contributed by atoms with Crippen LogP contribution in [-0.4, -0.2) is 59.8 Å². The highest BCUT2D eigenvalue weighted by atomic mass is 16.5. The predicted molar refractivity (Wildman–Crippen MR) is 82.9 cm³/mol. The Morgan fingerprint density at radius 2 is 2.05 bits per heavy atom. The molecule has 0 aromatic carbocycles. The number of anilines is 1. The average Bonchev–Trinajstić information content (AvgIpc) is 2.52. The summed E-state index contributed by atoms with van der Waals surface area (Å²) in [6, 6.07) is 3.74. The maximum absolute atomic E-state index is 12.4. The van der Waals surface area contributed by atoms with Crippen LogP contribution in [0.5, 0.6) is 5.75 Å². The van der Waals surface area contributed by atoms with Gasteiger partial charge in [-0.1, -0.05) is 0 Å². The Kier molecular flexibility index (Phi) is 3.95. The van der Waals surface area contributed by atoms with Gasteiger partial charge in [-0.3, -0.25) is 4.79 Å². The average molecular weight is 305 g/mol. The summed E-state index contributed by atoms with van der Waals surface area (Å²) >= 11 is 0. The molecule has 6 heteroatoms. The number of rotatable bonds is 3. The Bertz CT molecular complexity index is 545. The van der Waals surface area contributed by atoms with E-state index in [0.717, 1.165) is 24.7 Å². The van der Waals surface area contributed by atoms with Crippen LogP contribution in [0.4, 0.5) is 5.82 Å². The van der Waals surface area contributed by atoms with Crippen LogP contribution in [0, 0.1) is 5.92 Å². The lowest BCUT2D eigenvalue weighted by Gasteiger charge is -2.44. The summed E-state index contributed by atoms with van der Waals surface area (Å²) in [5.41, 5.74) is -0.646. The topological polar surface area (TPSA) is 65.9 Å². The Morgan fingerprint density at radius 3 is 2.64 bits per heavy atom. The molecule has 6 nitrogen and oxygen atoms in total. The summed E-state index contributed by atoms with van der Waals surface area (Å²) in [4.78, 5) is 20.8. The minimum Gasteiger partial charge on any atom is -0.497 e. The van der Waals surface area contributed by atoms with Gasteiger partial charge in [-0.25, -0.2) is 4.98 Å². The summed E-state index contributed by atoms with van der Waals surface area (Å²) in [5.74, 6) is 1.86. The van der Waals surface area contributed by atoms with Crippen molar-refractivity contribution in [1.29, 1.82) is 0 Å². The molecule has 0 bridgehead atoms. The Hall–Kier alpha value is -1.82. The zero-order valence-corrected chi connectivity index (χ0v) is 13.2. The highest BCUT2D eigenvalue weighted by Crippen LogP contribution is 2.38. The summed E-state index contributed by atoms with van der Waals surface area (Å²) < 4.78 is 5.22. The third kappa shape index (κ3) is 3.02. The molecular formula is C16H23N3O3. The number of nitrogens with zero attached hydrogens (tertiary/aromatic N) is 3. The number of hydrogen-bond acceptors (Lipinski definition) is 5. The molecule has 1 aromatic heterocycles. The van der Waals surface area contributed by atoms with Crippen LogP contribution in [-0.2, 0) is 4.79 Å². The van der Waals surface area contributed by atoms with Crippen molar-refractivity contribution in [3.8, 4) is 5.75 Å². The lowest BCUT2D eigenvalue weighted by molar-refractivity contribution is -0.149. The minimum absolute atomic E-state index is 0.00325. The van der Waals surface area contributed by atoms with Crippen molar-refractivity contribution in [3.63, 3.8) is 0 Å². The Labute approximate surface area is 130 Å². The summed E-state index contributed by atoms with van der Waals surface area (Å²) in [6.45, 7) is 4.75. The first kappa shape index (κ1) is 15.1. The van der Waals surface area contributed by atoms with Crippen molar-refractivity contribution in [2.75, 3.05) is 38.2 Å². The van der Waals surface area contributed by atoms with E-state index in [4.69, 9.17) is 4.74 Å². The second-order valence-corrected chi connectivity index (χ2v) is 6.47. The largest absolute Gasteiger partial charge is 0.497 e. The van der Waals surface area contributed by atoms with Gasteiger partial charge in [0, 0.05) is 44.4 Å². The number of aliphatic hydroxyl groups is 1. The van der Waals surface area contributed by atoms with Crippen LogP contribution in [0.1, 0.15) is 19.8 Å². The normalized spacial score (nSPS) is 28.2. The molecule has 2 aliphatic rings. The molecule has 0 atom stereocenters. The van der Waals surface area contributed by atoms with E-state index in [1.165, 1.54) is 0 Å². The van der Waals surface area contributed by atoms with Gasteiger partial charge in [0.05, 0.1) is 12.7 Å². The lowest BCUT2D eigenvalue weighted by atomic mass is 9.71. The van der Waals surface area contributed by atoms with Crippen LogP contribution in [0.25, 0.3) is 0 Å². The van der Waals surface area contributed by atoms with E-state index in [-0.39, 0.29) is 11.8 Å². The number of aromatic nitrogens is 1. The van der Waals surface area contributed by atoms with Crippen molar-refractivity contribution in [2.45, 2.75) is 25.4 Å². The smallest absolute Gasteiger partial charge is 0.226 e. The molecule has 1 aliphatic heterocycles. The van der Waals surface area contributed by atoms with E-state index >= 15 is 0 Å². The van der Waals surface area contributed by atoms with E-state index in [9.17, 15) is 9.90 Å². The zero-order valence-electron chi connectivity index (χ0n) is 13.2. The van der Waals surface area contributed by atoms with Gasteiger partial charge in [-0.15, -0.1) is 0 Å². The van der Waals surface area contributed by atoms with Crippen molar-refractivity contribution in [1.82, 2.24) is 9.88 Å². The molecule has 1 amide bonds. The highest BCUT2D eigenvalue weighted by molar-refractivity contribution is 5.80. The van der Waals surface area contributed by atoms with E-state index in [0.29, 0.717) is 25.9 Å². The molecule has 3 rings (SSSR count). The molecule has 22 heavy (non-hydrogen) atoms. The first-order chi connectivity index (χ1) is 10.5. The molecule has 2 fully saturated rings. The molecule has 1 saturated heterocycles. The number of pyridine rings is 1. The first-order valence-corrected chi connectivity index (χ1v) is 7.75. The molecular weight excluding hydrogens is 282 g/mol. The number of methoxy groups -OCH3 is 1. The van der Waals surface area contributed by atoms with Gasteiger partial charge >= 0.3 is 0 Å². The van der Waals surface area contributed by atoms with Crippen LogP contribution in [0.3, 0.4) is 0 Å². The molecule has 0 unspecified atom stereocenters. The molecule has 120 valence electrons. The molecule has 1 aromatic rings. The van der Waals surface area contributed by atoms with Crippen molar-refractivity contribution in [2.24, 2.45) is 5.92 Å². The first-order valence-electron chi connectivity index (χ1n) is 7.75. The molecule has 1 saturated carbocycles. The third-order valence-corrected chi connectivity index (χ3v) is 4.59. The zero-order chi connectivity index (χ0) is 15.7. The monoisotopic (exact) mass is 305 g/mol. The van der Waals surface area contributed by atoms with Crippen LogP contribution >= 0.6 is 0 Å². The van der Waals surface area contributed by atoms with Crippen molar-refractivity contribution >= 4 is 11.7 Å². The van der Waals surface area contributed by atoms with E-state index in [1.807, 2.05) is 17.0 Å². The molecule has 1 aliphatic carbocycles. The maximum atomic E-state index is 12.4. The molecule has 0 radical (unpaired) electrons. The second kappa shape index (κ2) is 5.76. The van der Waals surface area contributed by atoms with Gasteiger partial charge in [0.2, 0.25) is 5.91 Å². The van der Waals surface area contributed by atoms with Crippen molar-refractivity contribution < 1.29 is 14.6 Å². The number of carbonyl (C=O) groups excluding carboxylic acids is 1. The Morgan fingerprint density at radius 1 is 1.36 bits per heavy atom. The fourth-order valence-corrected chi connectivity index (χ4v) is 3.29. The molecule has 2 heterocycles. The fraction of sp³-hybridized carbons (Fsp3) is 0.625. The lowest BCUT2D eigenvalue weighted by Crippen LogP contribution is -2.54. The van der Waals surface area contributed by atoms with Crippen LogP contribution < -0.4 is 9.64 Å². The summed E-state index contributed by atoms with van der Waals surface area (Å²) in [7, 11) is 1.64. The molecule has 1 N–H and O–H groups in total. The van der Waals surface area contributed by atoms with Gasteiger partial charge in [0.1, 0.15) is 11.6 Å². The van der Waals surface area contributed by atoms with E-state index in [2.05, 4.69) is 9.88 Å². The van der Waals surface area contributed by atoms with Gasteiger partial charge in [0.15, 0.2) is 0 Å². The van der Waals surface area contributed by atoms with Gasteiger partial charge in [-0.05, 0) is 25.8 Å². The van der Waals surface area contributed by atoms with Crippen LogP contribution in [0.2, 0.25) is 0 Å². The number of hydrogen-bond donors (Lipinski definition) is 1. The number of amides is 1. The highest BCUT2D eigenvalue weighted by Gasteiger charge is 2.44. The minimum atomic E-state index is -0.646. The van der Waals surface area contributed by atoms with Crippen molar-refractivity contribution in [3.05, 3.63) is 18.3 Å². The molecule has 0 spiro atoms. The maximum Gasteiger partial charge on any atom is 0.226 e. The number of piperazine rings is 1. The van der Waals surface area contributed by atoms with Gasteiger partial charge in [0.25, 0.3) is 0 Å². The van der Waals surface area contributed by atoms with E-state index < -0.39 is 5.60 Å². The summed E-state index contributed by atoms with van der Waals surface area (Å²) in [6.07, 6.45) is 2.91. The van der Waals surface area contributed by atoms with Gasteiger partial charge < -0.3 is 19.6 Å². The third-order valence-electron chi connectivity index (χ3n) is 4.59. The van der Waals surface area contributed by atoms with Gasteiger partial charge in [-0.2, -0.15) is 0 Å². The van der Waals surface area contributed by atoms with Crippen LogP contribution in [0.15, 0.2) is 18.3 Å². The number of ether oxygens (including phenoxy) is 1. The standard InChI is InChI=1S/C16H23N3O3/c1-16(21)10-12(11-16)15(20)19-7-5-18(6-8-19)14-9-13(22-2)3-4-17-14/h3-4,9,12,21H,5-8,10-11H2,1-2H3. The van der Waals surface area contributed by atoms with E-state index in [1.54, 1.807) is 20.2 Å². The fourth-order valence-electron chi connectivity index (χ4n) is 3.29. The second-order valence-electron chi connectivity index (χ2n) is 6.47. The Balaban J connectivity index is 1.55. The number of carbonyl (C=O) groups is 1. The SMILES string of the molecule is COc1ccnc(N2CCN(C(=O)C3CC(C)(O)C3)CC2)c1. The quantitative estimate of drug-likeness (QED) is 0.899.